The molecule has 5 nitrogen and oxygen atoms in total. The number of benzene rings is 1. The van der Waals surface area contributed by atoms with Crippen LogP contribution in [-0.4, -0.2) is 24.3 Å². The van der Waals surface area contributed by atoms with Crippen molar-refractivity contribution in [2.75, 3.05) is 18.5 Å². The molecule has 1 unspecified atom stereocenters. The Balaban J connectivity index is 1.75. The van der Waals surface area contributed by atoms with Crippen LogP contribution in [-0.2, 0) is 17.6 Å². The van der Waals surface area contributed by atoms with Gasteiger partial charge in [0.15, 0.2) is 5.11 Å². The van der Waals surface area contributed by atoms with Crippen LogP contribution in [0.3, 0.4) is 0 Å². The van der Waals surface area contributed by atoms with Crippen LogP contribution in [0.4, 0.5) is 5.00 Å². The molecule has 1 aliphatic carbocycles. The number of aryl methyl sites for hydroxylation is 1. The van der Waals surface area contributed by atoms with E-state index in [0.717, 1.165) is 47.6 Å². The topological polar surface area (TPSA) is 59.6 Å². The summed E-state index contributed by atoms with van der Waals surface area (Å²) in [5.41, 5.74) is 2.92. The van der Waals surface area contributed by atoms with E-state index in [1.54, 1.807) is 11.3 Å². The number of rotatable bonds is 7. The molecule has 0 fully saturated rings. The minimum Gasteiger partial charge on any atom is -0.494 e. The lowest BCUT2D eigenvalue weighted by Gasteiger charge is -2.18. The van der Waals surface area contributed by atoms with Crippen molar-refractivity contribution in [3.05, 3.63) is 45.8 Å². The number of ether oxygens (including phenoxy) is 2. The molecule has 2 N–H and O–H groups in total. The van der Waals surface area contributed by atoms with Crippen molar-refractivity contribution in [3.63, 3.8) is 0 Å². The van der Waals surface area contributed by atoms with Crippen LogP contribution in [0.5, 0.6) is 5.75 Å². The summed E-state index contributed by atoms with van der Waals surface area (Å²) in [5, 5.41) is 7.92. The van der Waals surface area contributed by atoms with Gasteiger partial charge in [-0.2, -0.15) is 0 Å². The van der Waals surface area contributed by atoms with Gasteiger partial charge in [0.1, 0.15) is 10.8 Å². The number of thiocarbonyl (C=S) groups is 1. The van der Waals surface area contributed by atoms with E-state index >= 15 is 0 Å². The monoisotopic (exact) mass is 460 g/mol. The zero-order valence-electron chi connectivity index (χ0n) is 18.6. The highest BCUT2D eigenvalue weighted by molar-refractivity contribution is 7.80. The molecule has 1 heterocycles. The molecule has 0 spiro atoms. The molecule has 168 valence electrons. The third-order valence-corrected chi connectivity index (χ3v) is 6.84. The predicted molar refractivity (Wildman–Crippen MR) is 132 cm³/mol. The molecule has 3 rings (SSSR count). The van der Waals surface area contributed by atoms with E-state index in [1.165, 1.54) is 17.7 Å². The molecule has 1 atom stereocenters. The van der Waals surface area contributed by atoms with Gasteiger partial charge in [-0.3, -0.25) is 0 Å². The summed E-state index contributed by atoms with van der Waals surface area (Å²) < 4.78 is 10.9. The maximum atomic E-state index is 12.8. The SMILES string of the molecule is CCOC(=O)c1c(NC(=S)NC(C)c2ccc(OCC)cc2)sc2c1CCCCCC2. The van der Waals surface area contributed by atoms with E-state index < -0.39 is 0 Å². The highest BCUT2D eigenvalue weighted by Crippen LogP contribution is 2.37. The van der Waals surface area contributed by atoms with Gasteiger partial charge in [0.25, 0.3) is 0 Å². The molecule has 1 aromatic heterocycles. The maximum absolute atomic E-state index is 12.8. The van der Waals surface area contributed by atoms with Crippen LogP contribution in [0, 0.1) is 0 Å². The Bertz CT molecular complexity index is 893. The summed E-state index contributed by atoms with van der Waals surface area (Å²) in [4.78, 5) is 14.1. The number of carbonyl (C=O) groups is 1. The molecule has 2 aromatic rings. The Morgan fingerprint density at radius 1 is 1.10 bits per heavy atom. The Hall–Kier alpha value is -2.12. The third kappa shape index (κ3) is 6.20. The number of hydrogen-bond donors (Lipinski definition) is 2. The van der Waals surface area contributed by atoms with Crippen molar-refractivity contribution in [2.45, 2.75) is 65.3 Å². The van der Waals surface area contributed by atoms with E-state index in [1.807, 2.05) is 38.1 Å². The fourth-order valence-electron chi connectivity index (χ4n) is 3.87. The van der Waals surface area contributed by atoms with Gasteiger partial charge in [-0.1, -0.05) is 25.0 Å². The molecule has 0 aliphatic heterocycles. The van der Waals surface area contributed by atoms with Crippen molar-refractivity contribution < 1.29 is 14.3 Å². The molecule has 7 heteroatoms. The normalized spacial score (nSPS) is 14.5. The van der Waals surface area contributed by atoms with Gasteiger partial charge in [0.2, 0.25) is 0 Å². The molecule has 1 aliphatic rings. The van der Waals surface area contributed by atoms with E-state index in [0.29, 0.717) is 23.9 Å². The van der Waals surface area contributed by atoms with Crippen molar-refractivity contribution in [3.8, 4) is 5.75 Å². The molecule has 0 saturated carbocycles. The minimum absolute atomic E-state index is 0.0164. The first-order chi connectivity index (χ1) is 15.0. The van der Waals surface area contributed by atoms with E-state index in [9.17, 15) is 4.79 Å². The van der Waals surface area contributed by atoms with Gasteiger partial charge in [0.05, 0.1) is 24.8 Å². The van der Waals surface area contributed by atoms with Crippen molar-refractivity contribution in [2.24, 2.45) is 0 Å². The zero-order chi connectivity index (χ0) is 22.2. The van der Waals surface area contributed by atoms with Crippen molar-refractivity contribution in [1.29, 1.82) is 0 Å². The summed E-state index contributed by atoms with van der Waals surface area (Å²) in [7, 11) is 0. The van der Waals surface area contributed by atoms with Crippen molar-refractivity contribution >= 4 is 39.6 Å². The molecule has 0 bridgehead atoms. The second-order valence-electron chi connectivity index (χ2n) is 7.66. The molecule has 1 aromatic carbocycles. The largest absolute Gasteiger partial charge is 0.494 e. The maximum Gasteiger partial charge on any atom is 0.341 e. The Labute approximate surface area is 194 Å². The molecular formula is C24H32N2O3S2. The Morgan fingerprint density at radius 2 is 1.81 bits per heavy atom. The predicted octanol–water partition coefficient (Wildman–Crippen LogP) is 6.03. The first-order valence-electron chi connectivity index (χ1n) is 11.1. The lowest BCUT2D eigenvalue weighted by atomic mass is 9.96. The fourth-order valence-corrected chi connectivity index (χ4v) is 5.49. The number of hydrogen-bond acceptors (Lipinski definition) is 5. The summed E-state index contributed by atoms with van der Waals surface area (Å²) in [6.07, 6.45) is 6.65. The highest BCUT2D eigenvalue weighted by atomic mass is 32.1. The van der Waals surface area contributed by atoms with Crippen LogP contribution < -0.4 is 15.4 Å². The van der Waals surface area contributed by atoms with Gasteiger partial charge >= 0.3 is 5.97 Å². The van der Waals surface area contributed by atoms with Gasteiger partial charge < -0.3 is 20.1 Å². The highest BCUT2D eigenvalue weighted by Gasteiger charge is 2.26. The smallest absolute Gasteiger partial charge is 0.341 e. The van der Waals surface area contributed by atoms with E-state index in [2.05, 4.69) is 17.6 Å². The summed E-state index contributed by atoms with van der Waals surface area (Å²) >= 11 is 7.23. The van der Waals surface area contributed by atoms with Gasteiger partial charge in [-0.15, -0.1) is 11.3 Å². The summed E-state index contributed by atoms with van der Waals surface area (Å²) in [5.74, 6) is 0.597. The van der Waals surface area contributed by atoms with Crippen LogP contribution in [0.25, 0.3) is 0 Å². The number of fused-ring (bicyclic) bond motifs is 1. The molecule has 31 heavy (non-hydrogen) atoms. The number of anilines is 1. The fraction of sp³-hybridized carbons (Fsp3) is 0.500. The van der Waals surface area contributed by atoms with Gasteiger partial charge in [0, 0.05) is 4.88 Å². The van der Waals surface area contributed by atoms with Crippen LogP contribution in [0.1, 0.15) is 78.9 Å². The number of esters is 1. The third-order valence-electron chi connectivity index (χ3n) is 5.42. The van der Waals surface area contributed by atoms with Gasteiger partial charge in [-0.25, -0.2) is 4.79 Å². The zero-order valence-corrected chi connectivity index (χ0v) is 20.2. The van der Waals surface area contributed by atoms with E-state index in [-0.39, 0.29) is 12.0 Å². The standard InChI is InChI=1S/C24H32N2O3S2/c1-4-28-18-14-12-17(13-15-18)16(3)25-24(30)26-22-21(23(27)29-5-2)19-10-8-6-7-9-11-20(19)31-22/h12-16H,4-11H2,1-3H3,(H2,25,26,30). The molecule has 0 amide bonds. The molecular weight excluding hydrogens is 428 g/mol. The van der Waals surface area contributed by atoms with Crippen molar-refractivity contribution in [1.82, 2.24) is 5.32 Å². The average molecular weight is 461 g/mol. The first kappa shape index (κ1) is 23.5. The number of carbonyl (C=O) groups excluding carboxylic acids is 1. The number of nitrogens with one attached hydrogen (secondary N) is 2. The Kier molecular flexibility index (Phi) is 8.72. The van der Waals surface area contributed by atoms with Crippen LogP contribution in [0.15, 0.2) is 24.3 Å². The quantitative estimate of drug-likeness (QED) is 0.389. The number of thiophene rings is 1. The lowest BCUT2D eigenvalue weighted by molar-refractivity contribution is 0.0526. The second kappa shape index (κ2) is 11.5. The van der Waals surface area contributed by atoms with Crippen LogP contribution >= 0.6 is 23.6 Å². The molecule has 0 radical (unpaired) electrons. The first-order valence-corrected chi connectivity index (χ1v) is 12.4. The van der Waals surface area contributed by atoms with Gasteiger partial charge in [-0.05, 0) is 81.9 Å². The minimum atomic E-state index is -0.259. The summed E-state index contributed by atoms with van der Waals surface area (Å²) in [6.45, 7) is 6.88. The molecule has 0 saturated heterocycles. The van der Waals surface area contributed by atoms with E-state index in [4.69, 9.17) is 21.7 Å². The lowest BCUT2D eigenvalue weighted by Crippen LogP contribution is -2.31. The van der Waals surface area contributed by atoms with Crippen LogP contribution in [0.2, 0.25) is 0 Å². The Morgan fingerprint density at radius 3 is 2.48 bits per heavy atom. The summed E-state index contributed by atoms with van der Waals surface area (Å²) in [6, 6.07) is 8.01. The second-order valence-corrected chi connectivity index (χ2v) is 9.18. The average Bonchev–Trinajstić information content (AvgIpc) is 3.04.